The number of thiophene rings is 1. The number of hydrogen-bond donors (Lipinski definition) is 1. The zero-order valence-corrected chi connectivity index (χ0v) is 11.8. The molecule has 0 spiro atoms. The van der Waals surface area contributed by atoms with Crippen molar-refractivity contribution in [3.8, 4) is 0 Å². The lowest BCUT2D eigenvalue weighted by Gasteiger charge is -2.08. The molecule has 0 fully saturated rings. The highest BCUT2D eigenvalue weighted by Crippen LogP contribution is 2.20. The molecule has 1 aromatic heterocycles. The standard InChI is InChI=1S/C10H16BrNS2/c1-8(13-2)3-4-12-6-9-5-10(11)14-7-9/h5,7-8,12H,3-4,6H2,1-2H3. The van der Waals surface area contributed by atoms with Gasteiger partial charge in [0.05, 0.1) is 3.79 Å². The van der Waals surface area contributed by atoms with Gasteiger partial charge in [-0.15, -0.1) is 11.3 Å². The SMILES string of the molecule is CSC(C)CCNCc1csc(Br)c1. The Morgan fingerprint density at radius 3 is 3.00 bits per heavy atom. The summed E-state index contributed by atoms with van der Waals surface area (Å²) in [6, 6.07) is 2.18. The molecule has 1 atom stereocenters. The largest absolute Gasteiger partial charge is 0.313 e. The van der Waals surface area contributed by atoms with Gasteiger partial charge < -0.3 is 5.32 Å². The molecule has 4 heteroatoms. The van der Waals surface area contributed by atoms with Gasteiger partial charge in [-0.2, -0.15) is 11.8 Å². The summed E-state index contributed by atoms with van der Waals surface area (Å²) in [7, 11) is 0. The zero-order chi connectivity index (χ0) is 10.4. The van der Waals surface area contributed by atoms with E-state index in [-0.39, 0.29) is 0 Å². The summed E-state index contributed by atoms with van der Waals surface area (Å²) in [5.41, 5.74) is 1.37. The third-order valence-corrected chi connectivity index (χ3v) is 4.67. The normalized spacial score (nSPS) is 13.1. The summed E-state index contributed by atoms with van der Waals surface area (Å²) in [5.74, 6) is 0. The Morgan fingerprint density at radius 2 is 2.43 bits per heavy atom. The molecular weight excluding hydrogens is 278 g/mol. The fraction of sp³-hybridized carbons (Fsp3) is 0.600. The van der Waals surface area contributed by atoms with Gasteiger partial charge in [-0.25, -0.2) is 0 Å². The summed E-state index contributed by atoms with van der Waals surface area (Å²) in [6.07, 6.45) is 3.41. The number of nitrogens with one attached hydrogen (secondary N) is 1. The average Bonchev–Trinajstić information content (AvgIpc) is 2.58. The quantitative estimate of drug-likeness (QED) is 0.802. The van der Waals surface area contributed by atoms with Gasteiger partial charge in [-0.05, 0) is 52.2 Å². The first kappa shape index (κ1) is 12.6. The maximum atomic E-state index is 3.46. The molecule has 14 heavy (non-hydrogen) atoms. The van der Waals surface area contributed by atoms with Crippen molar-refractivity contribution in [1.82, 2.24) is 5.32 Å². The fourth-order valence-electron chi connectivity index (χ4n) is 1.09. The molecule has 1 N–H and O–H groups in total. The fourth-order valence-corrected chi connectivity index (χ4v) is 2.66. The molecule has 0 saturated heterocycles. The van der Waals surface area contributed by atoms with Crippen molar-refractivity contribution in [3.63, 3.8) is 0 Å². The van der Waals surface area contributed by atoms with Crippen molar-refractivity contribution in [1.29, 1.82) is 0 Å². The Morgan fingerprint density at radius 1 is 1.64 bits per heavy atom. The zero-order valence-electron chi connectivity index (χ0n) is 8.55. The Hall–Kier alpha value is 0.490. The molecule has 0 aliphatic carbocycles. The second-order valence-electron chi connectivity index (χ2n) is 3.27. The average molecular weight is 294 g/mol. The molecule has 0 radical (unpaired) electrons. The lowest BCUT2D eigenvalue weighted by molar-refractivity contribution is 0.649. The Labute approximate surface area is 103 Å². The van der Waals surface area contributed by atoms with Crippen molar-refractivity contribution >= 4 is 39.0 Å². The van der Waals surface area contributed by atoms with Gasteiger partial charge in [-0.1, -0.05) is 6.92 Å². The molecule has 1 unspecified atom stereocenters. The number of hydrogen-bond acceptors (Lipinski definition) is 3. The maximum Gasteiger partial charge on any atom is 0.0701 e. The van der Waals surface area contributed by atoms with Gasteiger partial charge in [0.25, 0.3) is 0 Å². The van der Waals surface area contributed by atoms with Crippen molar-refractivity contribution < 1.29 is 0 Å². The molecule has 1 rings (SSSR count). The van der Waals surface area contributed by atoms with Crippen LogP contribution in [0.4, 0.5) is 0 Å². The number of halogens is 1. The van der Waals surface area contributed by atoms with E-state index in [0.29, 0.717) is 0 Å². The molecule has 0 aromatic carbocycles. The van der Waals surface area contributed by atoms with E-state index in [2.05, 4.69) is 45.9 Å². The minimum atomic E-state index is 0.761. The van der Waals surface area contributed by atoms with Crippen LogP contribution in [0.3, 0.4) is 0 Å². The molecule has 80 valence electrons. The van der Waals surface area contributed by atoms with E-state index in [9.17, 15) is 0 Å². The molecule has 0 aliphatic heterocycles. The maximum absolute atomic E-state index is 3.46. The summed E-state index contributed by atoms with van der Waals surface area (Å²) in [5, 5.41) is 6.40. The first-order valence-corrected chi connectivity index (χ1v) is 7.65. The van der Waals surface area contributed by atoms with E-state index in [0.717, 1.165) is 18.3 Å². The molecule has 1 heterocycles. The van der Waals surface area contributed by atoms with Crippen LogP contribution >= 0.6 is 39.0 Å². The van der Waals surface area contributed by atoms with E-state index < -0.39 is 0 Å². The molecule has 0 saturated carbocycles. The third kappa shape index (κ3) is 4.82. The summed E-state index contributed by atoms with van der Waals surface area (Å²) >= 11 is 7.14. The van der Waals surface area contributed by atoms with Gasteiger partial charge in [0.15, 0.2) is 0 Å². The minimum absolute atomic E-state index is 0.761. The molecule has 1 nitrogen and oxygen atoms in total. The van der Waals surface area contributed by atoms with Crippen LogP contribution in [0.1, 0.15) is 18.9 Å². The van der Waals surface area contributed by atoms with Crippen LogP contribution in [-0.4, -0.2) is 18.1 Å². The van der Waals surface area contributed by atoms with Crippen LogP contribution in [0.5, 0.6) is 0 Å². The van der Waals surface area contributed by atoms with E-state index in [1.54, 1.807) is 11.3 Å². The predicted molar refractivity (Wildman–Crippen MR) is 71.3 cm³/mol. The highest BCUT2D eigenvalue weighted by molar-refractivity contribution is 9.11. The van der Waals surface area contributed by atoms with Gasteiger partial charge >= 0.3 is 0 Å². The van der Waals surface area contributed by atoms with Crippen LogP contribution in [0.25, 0.3) is 0 Å². The first-order chi connectivity index (χ1) is 6.72. The van der Waals surface area contributed by atoms with Crippen LogP contribution in [0.2, 0.25) is 0 Å². The summed E-state index contributed by atoms with van der Waals surface area (Å²) < 4.78 is 1.21. The van der Waals surface area contributed by atoms with Gasteiger partial charge in [0, 0.05) is 11.8 Å². The molecule has 0 amide bonds. The van der Waals surface area contributed by atoms with Crippen LogP contribution in [0.15, 0.2) is 15.2 Å². The van der Waals surface area contributed by atoms with Crippen LogP contribution in [-0.2, 0) is 6.54 Å². The van der Waals surface area contributed by atoms with Gasteiger partial charge in [-0.3, -0.25) is 0 Å². The van der Waals surface area contributed by atoms with Crippen LogP contribution in [0, 0.1) is 0 Å². The molecular formula is C10H16BrNS2. The lowest BCUT2D eigenvalue weighted by Crippen LogP contribution is -2.17. The summed E-state index contributed by atoms with van der Waals surface area (Å²) in [6.45, 7) is 4.37. The number of rotatable bonds is 6. The van der Waals surface area contributed by atoms with Crippen molar-refractivity contribution in [3.05, 3.63) is 20.8 Å². The van der Waals surface area contributed by atoms with Gasteiger partial charge in [0.1, 0.15) is 0 Å². The molecule has 1 aromatic rings. The summed E-state index contributed by atoms with van der Waals surface area (Å²) in [4.78, 5) is 0. The Balaban J connectivity index is 2.10. The highest BCUT2D eigenvalue weighted by atomic mass is 79.9. The third-order valence-electron chi connectivity index (χ3n) is 2.08. The van der Waals surface area contributed by atoms with Crippen LogP contribution < -0.4 is 5.32 Å². The second-order valence-corrected chi connectivity index (χ2v) is 6.84. The van der Waals surface area contributed by atoms with E-state index in [1.807, 2.05) is 11.8 Å². The van der Waals surface area contributed by atoms with Gasteiger partial charge in [0.2, 0.25) is 0 Å². The lowest BCUT2D eigenvalue weighted by atomic mass is 10.3. The topological polar surface area (TPSA) is 12.0 Å². The predicted octanol–water partition coefficient (Wildman–Crippen LogP) is 3.74. The Kier molecular flexibility index (Phi) is 6.17. The van der Waals surface area contributed by atoms with Crippen molar-refractivity contribution in [2.24, 2.45) is 0 Å². The monoisotopic (exact) mass is 293 g/mol. The second kappa shape index (κ2) is 6.88. The minimum Gasteiger partial charge on any atom is -0.313 e. The molecule has 0 aliphatic rings. The number of thioether (sulfide) groups is 1. The first-order valence-electron chi connectivity index (χ1n) is 4.69. The van der Waals surface area contributed by atoms with E-state index in [4.69, 9.17) is 0 Å². The van der Waals surface area contributed by atoms with E-state index >= 15 is 0 Å². The smallest absolute Gasteiger partial charge is 0.0701 e. The van der Waals surface area contributed by atoms with Crippen molar-refractivity contribution in [2.45, 2.75) is 25.1 Å². The Bertz CT molecular complexity index is 262. The van der Waals surface area contributed by atoms with E-state index in [1.165, 1.54) is 15.8 Å². The highest BCUT2D eigenvalue weighted by Gasteiger charge is 1.99. The van der Waals surface area contributed by atoms with Crippen molar-refractivity contribution in [2.75, 3.05) is 12.8 Å². The molecule has 0 bridgehead atoms.